The number of hydrogen-bond acceptors (Lipinski definition) is 3. The molecule has 0 saturated heterocycles. The highest BCUT2D eigenvalue weighted by molar-refractivity contribution is 5.19. The van der Waals surface area contributed by atoms with Crippen molar-refractivity contribution in [1.82, 2.24) is 15.3 Å². The lowest BCUT2D eigenvalue weighted by atomic mass is 10.1. The Morgan fingerprint density at radius 3 is 2.94 bits per heavy atom. The first kappa shape index (κ1) is 11.7. The highest BCUT2D eigenvalue weighted by Gasteiger charge is 2.05. The summed E-state index contributed by atoms with van der Waals surface area (Å²) in [6.45, 7) is 2.61. The van der Waals surface area contributed by atoms with E-state index in [4.69, 9.17) is 0 Å². The minimum absolute atomic E-state index is 0.0766. The molecule has 2 rings (SSSR count). The summed E-state index contributed by atoms with van der Waals surface area (Å²) in [5.74, 6) is -0.212. The normalized spacial score (nSPS) is 12.4. The van der Waals surface area contributed by atoms with Crippen LogP contribution in [0.5, 0.6) is 0 Å². The second-order valence-electron chi connectivity index (χ2n) is 3.85. The Labute approximate surface area is 99.7 Å². The van der Waals surface area contributed by atoms with Gasteiger partial charge in [-0.25, -0.2) is 4.39 Å². The monoisotopic (exact) mass is 231 g/mol. The first-order chi connectivity index (χ1) is 8.25. The van der Waals surface area contributed by atoms with Crippen molar-refractivity contribution in [2.45, 2.75) is 19.5 Å². The van der Waals surface area contributed by atoms with Gasteiger partial charge in [0.1, 0.15) is 5.82 Å². The van der Waals surface area contributed by atoms with Crippen molar-refractivity contribution in [3.63, 3.8) is 0 Å². The topological polar surface area (TPSA) is 37.8 Å². The molecular weight excluding hydrogens is 217 g/mol. The number of hydrogen-bond donors (Lipinski definition) is 1. The average molecular weight is 231 g/mol. The van der Waals surface area contributed by atoms with Crippen LogP contribution in [0.2, 0.25) is 0 Å². The molecule has 0 unspecified atom stereocenters. The zero-order valence-electron chi connectivity index (χ0n) is 9.60. The highest BCUT2D eigenvalue weighted by Crippen LogP contribution is 2.13. The van der Waals surface area contributed by atoms with E-state index in [1.165, 1.54) is 12.1 Å². The van der Waals surface area contributed by atoms with Crippen LogP contribution >= 0.6 is 0 Å². The van der Waals surface area contributed by atoms with E-state index in [-0.39, 0.29) is 11.9 Å². The van der Waals surface area contributed by atoms with E-state index in [0.29, 0.717) is 6.54 Å². The number of benzene rings is 1. The maximum atomic E-state index is 13.0. The van der Waals surface area contributed by atoms with Gasteiger partial charge in [-0.2, -0.15) is 0 Å². The molecule has 1 aromatic heterocycles. The SMILES string of the molecule is C[C@H](NCc1cnccn1)c1cccc(F)c1. The van der Waals surface area contributed by atoms with Crippen molar-refractivity contribution in [3.05, 3.63) is 59.9 Å². The first-order valence-corrected chi connectivity index (χ1v) is 5.49. The quantitative estimate of drug-likeness (QED) is 0.878. The van der Waals surface area contributed by atoms with Crippen molar-refractivity contribution in [2.24, 2.45) is 0 Å². The first-order valence-electron chi connectivity index (χ1n) is 5.49. The van der Waals surface area contributed by atoms with Crippen molar-refractivity contribution >= 4 is 0 Å². The van der Waals surface area contributed by atoms with Gasteiger partial charge in [0.25, 0.3) is 0 Å². The molecule has 1 aromatic carbocycles. The highest BCUT2D eigenvalue weighted by atomic mass is 19.1. The molecule has 0 amide bonds. The van der Waals surface area contributed by atoms with Gasteiger partial charge in [0, 0.05) is 31.2 Å². The minimum Gasteiger partial charge on any atom is -0.305 e. The molecule has 0 bridgehead atoms. The van der Waals surface area contributed by atoms with Gasteiger partial charge in [-0.3, -0.25) is 9.97 Å². The molecular formula is C13H14FN3. The molecule has 0 aliphatic heterocycles. The molecule has 1 atom stereocenters. The van der Waals surface area contributed by atoms with Crippen LogP contribution < -0.4 is 5.32 Å². The molecule has 1 heterocycles. The lowest BCUT2D eigenvalue weighted by Gasteiger charge is -2.13. The third-order valence-corrected chi connectivity index (χ3v) is 2.55. The molecule has 17 heavy (non-hydrogen) atoms. The standard InChI is InChI=1S/C13H14FN3/c1-10(11-3-2-4-12(14)7-11)17-9-13-8-15-5-6-16-13/h2-8,10,17H,9H2,1H3/t10-/m0/s1. The van der Waals surface area contributed by atoms with Gasteiger partial charge >= 0.3 is 0 Å². The second kappa shape index (κ2) is 5.50. The summed E-state index contributed by atoms with van der Waals surface area (Å²) in [4.78, 5) is 8.15. The summed E-state index contributed by atoms with van der Waals surface area (Å²) in [7, 11) is 0. The van der Waals surface area contributed by atoms with E-state index in [2.05, 4.69) is 15.3 Å². The fourth-order valence-electron chi connectivity index (χ4n) is 1.57. The van der Waals surface area contributed by atoms with Crippen molar-refractivity contribution < 1.29 is 4.39 Å². The molecule has 0 radical (unpaired) electrons. The van der Waals surface area contributed by atoms with Crippen LogP contribution in [0.15, 0.2) is 42.9 Å². The van der Waals surface area contributed by atoms with Crippen LogP contribution in [0.1, 0.15) is 24.2 Å². The van der Waals surface area contributed by atoms with Crippen molar-refractivity contribution in [2.75, 3.05) is 0 Å². The summed E-state index contributed by atoms with van der Waals surface area (Å²) in [5.41, 5.74) is 1.80. The van der Waals surface area contributed by atoms with Crippen LogP contribution in [0.3, 0.4) is 0 Å². The van der Waals surface area contributed by atoms with E-state index < -0.39 is 0 Å². The van der Waals surface area contributed by atoms with E-state index in [1.54, 1.807) is 24.7 Å². The number of rotatable bonds is 4. The molecule has 0 aliphatic carbocycles. The molecule has 0 spiro atoms. The molecule has 0 fully saturated rings. The predicted molar refractivity (Wildman–Crippen MR) is 63.7 cm³/mol. The van der Waals surface area contributed by atoms with Gasteiger partial charge in [0.15, 0.2) is 0 Å². The fourth-order valence-corrected chi connectivity index (χ4v) is 1.57. The zero-order valence-corrected chi connectivity index (χ0v) is 9.60. The van der Waals surface area contributed by atoms with Crippen LogP contribution in [0.4, 0.5) is 4.39 Å². The van der Waals surface area contributed by atoms with Gasteiger partial charge in [0.05, 0.1) is 5.69 Å². The zero-order chi connectivity index (χ0) is 12.1. The number of aromatic nitrogens is 2. The molecule has 0 saturated carbocycles. The fraction of sp³-hybridized carbons (Fsp3) is 0.231. The Balaban J connectivity index is 1.96. The average Bonchev–Trinajstić information content (AvgIpc) is 2.37. The number of nitrogens with zero attached hydrogens (tertiary/aromatic N) is 2. The van der Waals surface area contributed by atoms with E-state index in [0.717, 1.165) is 11.3 Å². The maximum absolute atomic E-state index is 13.0. The second-order valence-corrected chi connectivity index (χ2v) is 3.85. The predicted octanol–water partition coefficient (Wildman–Crippen LogP) is 2.47. The van der Waals surface area contributed by atoms with E-state index in [9.17, 15) is 4.39 Å². The molecule has 2 aromatic rings. The number of halogens is 1. The van der Waals surface area contributed by atoms with E-state index >= 15 is 0 Å². The summed E-state index contributed by atoms with van der Waals surface area (Å²) >= 11 is 0. The summed E-state index contributed by atoms with van der Waals surface area (Å²) in [6.07, 6.45) is 5.01. The third-order valence-electron chi connectivity index (χ3n) is 2.55. The number of nitrogens with one attached hydrogen (secondary N) is 1. The third kappa shape index (κ3) is 3.32. The lowest BCUT2D eigenvalue weighted by Crippen LogP contribution is -2.18. The van der Waals surface area contributed by atoms with Crippen LogP contribution in [0.25, 0.3) is 0 Å². The van der Waals surface area contributed by atoms with Crippen molar-refractivity contribution in [1.29, 1.82) is 0 Å². The Bertz CT molecular complexity index is 473. The van der Waals surface area contributed by atoms with Gasteiger partial charge in [0.2, 0.25) is 0 Å². The van der Waals surface area contributed by atoms with Crippen molar-refractivity contribution in [3.8, 4) is 0 Å². The van der Waals surface area contributed by atoms with Crippen LogP contribution in [0, 0.1) is 5.82 Å². The molecule has 0 aliphatic rings. The van der Waals surface area contributed by atoms with E-state index in [1.807, 2.05) is 13.0 Å². The summed E-state index contributed by atoms with van der Waals surface area (Å²) < 4.78 is 13.0. The van der Waals surface area contributed by atoms with Gasteiger partial charge < -0.3 is 5.32 Å². The Morgan fingerprint density at radius 1 is 1.35 bits per heavy atom. The molecule has 3 nitrogen and oxygen atoms in total. The minimum atomic E-state index is -0.212. The van der Waals surface area contributed by atoms with Gasteiger partial charge in [-0.15, -0.1) is 0 Å². The van der Waals surface area contributed by atoms with Crippen LogP contribution in [-0.2, 0) is 6.54 Å². The molecule has 1 N–H and O–H groups in total. The smallest absolute Gasteiger partial charge is 0.123 e. The lowest BCUT2D eigenvalue weighted by molar-refractivity contribution is 0.558. The summed E-state index contributed by atoms with van der Waals surface area (Å²) in [6, 6.07) is 6.67. The largest absolute Gasteiger partial charge is 0.305 e. The Kier molecular flexibility index (Phi) is 3.77. The Hall–Kier alpha value is -1.81. The summed E-state index contributed by atoms with van der Waals surface area (Å²) in [5, 5.41) is 3.27. The van der Waals surface area contributed by atoms with Gasteiger partial charge in [-0.1, -0.05) is 12.1 Å². The molecule has 88 valence electrons. The molecule has 4 heteroatoms. The Morgan fingerprint density at radius 2 is 2.24 bits per heavy atom. The van der Waals surface area contributed by atoms with Crippen LogP contribution in [-0.4, -0.2) is 9.97 Å². The van der Waals surface area contributed by atoms with Gasteiger partial charge in [-0.05, 0) is 24.6 Å². The maximum Gasteiger partial charge on any atom is 0.123 e.